The molecule has 0 bridgehead atoms. The highest BCUT2D eigenvalue weighted by Crippen LogP contribution is 2.25. The molecule has 3 aromatic rings. The van der Waals surface area contributed by atoms with Crippen LogP contribution in [0.3, 0.4) is 0 Å². The molecule has 2 aromatic carbocycles. The van der Waals surface area contributed by atoms with E-state index >= 15 is 0 Å². The number of morpholine rings is 1. The molecule has 0 aliphatic carbocycles. The van der Waals surface area contributed by atoms with Crippen LogP contribution in [-0.2, 0) is 11.3 Å². The van der Waals surface area contributed by atoms with E-state index in [1.165, 1.54) is 0 Å². The van der Waals surface area contributed by atoms with Crippen LogP contribution in [-0.4, -0.2) is 47.5 Å². The Bertz CT molecular complexity index is 1060. The number of halogens is 2. The Morgan fingerprint density at radius 2 is 1.55 bits per heavy atom. The molecule has 1 aromatic heterocycles. The molecule has 0 spiro atoms. The van der Waals surface area contributed by atoms with Crippen LogP contribution < -0.4 is 5.56 Å². The van der Waals surface area contributed by atoms with E-state index in [4.69, 9.17) is 27.9 Å². The van der Waals surface area contributed by atoms with Crippen molar-refractivity contribution < 1.29 is 4.74 Å². The van der Waals surface area contributed by atoms with Crippen LogP contribution in [0.5, 0.6) is 0 Å². The summed E-state index contributed by atoms with van der Waals surface area (Å²) in [4.78, 5) is 15.5. The van der Waals surface area contributed by atoms with Gasteiger partial charge in [-0.05, 0) is 35.9 Å². The maximum absolute atomic E-state index is 13.2. The minimum Gasteiger partial charge on any atom is -0.379 e. The van der Waals surface area contributed by atoms with Crippen molar-refractivity contribution in [1.29, 1.82) is 0 Å². The first-order valence-electron chi connectivity index (χ1n) is 9.54. The van der Waals surface area contributed by atoms with Crippen LogP contribution in [0, 0.1) is 0 Å². The highest BCUT2D eigenvalue weighted by atomic mass is 35.5. The van der Waals surface area contributed by atoms with Crippen LogP contribution in [0.25, 0.3) is 22.4 Å². The molecule has 0 amide bonds. The van der Waals surface area contributed by atoms with E-state index < -0.39 is 0 Å². The first-order chi connectivity index (χ1) is 14.1. The number of hydrogen-bond donors (Lipinski definition) is 0. The van der Waals surface area contributed by atoms with E-state index in [-0.39, 0.29) is 5.56 Å². The Balaban J connectivity index is 1.75. The number of ether oxygens (including phenoxy) is 1. The van der Waals surface area contributed by atoms with Crippen molar-refractivity contribution in [2.24, 2.45) is 0 Å². The van der Waals surface area contributed by atoms with Crippen LogP contribution in [0.1, 0.15) is 0 Å². The Labute approximate surface area is 179 Å². The van der Waals surface area contributed by atoms with Gasteiger partial charge in [0.2, 0.25) is 0 Å². The van der Waals surface area contributed by atoms with Crippen LogP contribution >= 0.6 is 23.2 Å². The lowest BCUT2D eigenvalue weighted by molar-refractivity contribution is 0.0358. The quantitative estimate of drug-likeness (QED) is 0.609. The van der Waals surface area contributed by atoms with Gasteiger partial charge in [0.05, 0.1) is 31.0 Å². The SMILES string of the molecule is O=c1c(-c2cccc(Cl)c2)cc(-c2cccc(Cl)c2)nn1CCN1CCOCC1. The fourth-order valence-electron chi connectivity index (χ4n) is 3.41. The zero-order valence-corrected chi connectivity index (χ0v) is 17.4. The van der Waals surface area contributed by atoms with Gasteiger partial charge in [-0.1, -0.05) is 47.5 Å². The second kappa shape index (κ2) is 9.09. The van der Waals surface area contributed by atoms with E-state index in [2.05, 4.69) is 10.00 Å². The molecular formula is C22H21Cl2N3O2. The molecule has 0 saturated carbocycles. The molecule has 29 heavy (non-hydrogen) atoms. The monoisotopic (exact) mass is 429 g/mol. The lowest BCUT2D eigenvalue weighted by Crippen LogP contribution is -2.39. The first-order valence-corrected chi connectivity index (χ1v) is 10.3. The summed E-state index contributed by atoms with van der Waals surface area (Å²) in [5.41, 5.74) is 2.77. The van der Waals surface area contributed by atoms with Gasteiger partial charge in [0.1, 0.15) is 0 Å². The maximum Gasteiger partial charge on any atom is 0.274 e. The summed E-state index contributed by atoms with van der Waals surface area (Å²) in [6.07, 6.45) is 0. The lowest BCUT2D eigenvalue weighted by atomic mass is 10.0. The minimum atomic E-state index is -0.133. The molecule has 0 N–H and O–H groups in total. The number of benzene rings is 2. The normalized spacial score (nSPS) is 14.8. The summed E-state index contributed by atoms with van der Waals surface area (Å²) in [6, 6.07) is 16.6. The fourth-order valence-corrected chi connectivity index (χ4v) is 3.79. The minimum absolute atomic E-state index is 0.133. The molecule has 1 aliphatic heterocycles. The molecule has 0 radical (unpaired) electrons. The molecule has 7 heteroatoms. The molecule has 1 fully saturated rings. The third kappa shape index (κ3) is 4.87. The van der Waals surface area contributed by atoms with E-state index in [1.54, 1.807) is 16.8 Å². The Morgan fingerprint density at radius 1 is 0.897 bits per heavy atom. The van der Waals surface area contributed by atoms with Crippen LogP contribution in [0.4, 0.5) is 0 Å². The van der Waals surface area contributed by atoms with Gasteiger partial charge in [-0.15, -0.1) is 0 Å². The van der Waals surface area contributed by atoms with Crippen molar-refractivity contribution >= 4 is 23.2 Å². The van der Waals surface area contributed by atoms with Gasteiger partial charge in [0, 0.05) is 35.2 Å². The molecular weight excluding hydrogens is 409 g/mol. The Hall–Kier alpha value is -2.18. The standard InChI is InChI=1S/C22H21Cl2N3O2/c23-18-5-1-3-16(13-18)20-15-21(17-4-2-6-19(24)14-17)25-27(22(20)28)8-7-26-9-11-29-12-10-26/h1-6,13-15H,7-12H2. The van der Waals surface area contributed by atoms with Gasteiger partial charge in [-0.25, -0.2) is 4.68 Å². The van der Waals surface area contributed by atoms with Gasteiger partial charge in [-0.3, -0.25) is 9.69 Å². The highest BCUT2D eigenvalue weighted by molar-refractivity contribution is 6.31. The third-order valence-corrected chi connectivity index (χ3v) is 5.43. The number of aromatic nitrogens is 2. The van der Waals surface area contributed by atoms with Gasteiger partial charge >= 0.3 is 0 Å². The Kier molecular flexibility index (Phi) is 6.31. The topological polar surface area (TPSA) is 47.4 Å². The highest BCUT2D eigenvalue weighted by Gasteiger charge is 2.15. The Morgan fingerprint density at radius 3 is 2.24 bits per heavy atom. The summed E-state index contributed by atoms with van der Waals surface area (Å²) in [7, 11) is 0. The first kappa shape index (κ1) is 20.1. The molecule has 5 nitrogen and oxygen atoms in total. The molecule has 1 aliphatic rings. The number of hydrogen-bond acceptors (Lipinski definition) is 4. The van der Waals surface area contributed by atoms with Gasteiger partial charge < -0.3 is 4.74 Å². The van der Waals surface area contributed by atoms with Crippen molar-refractivity contribution in [3.05, 3.63) is 75.0 Å². The summed E-state index contributed by atoms with van der Waals surface area (Å²) >= 11 is 12.3. The van der Waals surface area contributed by atoms with Gasteiger partial charge in [0.15, 0.2) is 0 Å². The molecule has 1 saturated heterocycles. The molecule has 4 rings (SSSR count). The van der Waals surface area contributed by atoms with Crippen LogP contribution in [0.15, 0.2) is 59.4 Å². The summed E-state index contributed by atoms with van der Waals surface area (Å²) < 4.78 is 6.94. The zero-order valence-electron chi connectivity index (χ0n) is 15.9. The molecule has 0 atom stereocenters. The number of nitrogens with zero attached hydrogens (tertiary/aromatic N) is 3. The van der Waals surface area contributed by atoms with Crippen molar-refractivity contribution in [3.63, 3.8) is 0 Å². The molecule has 150 valence electrons. The largest absolute Gasteiger partial charge is 0.379 e. The second-order valence-corrected chi connectivity index (χ2v) is 7.82. The number of rotatable bonds is 5. The maximum atomic E-state index is 13.2. The van der Waals surface area contributed by atoms with Gasteiger partial charge in [-0.2, -0.15) is 5.10 Å². The molecule has 0 unspecified atom stereocenters. The average molecular weight is 430 g/mol. The predicted octanol–water partition coefficient (Wildman–Crippen LogP) is 4.22. The average Bonchev–Trinajstić information content (AvgIpc) is 2.74. The lowest BCUT2D eigenvalue weighted by Gasteiger charge is -2.26. The van der Waals surface area contributed by atoms with Crippen LogP contribution in [0.2, 0.25) is 10.0 Å². The van der Waals surface area contributed by atoms with Crippen molar-refractivity contribution in [3.8, 4) is 22.4 Å². The summed E-state index contributed by atoms with van der Waals surface area (Å²) in [5, 5.41) is 5.84. The predicted molar refractivity (Wildman–Crippen MR) is 117 cm³/mol. The fraction of sp³-hybridized carbons (Fsp3) is 0.273. The molecule has 2 heterocycles. The summed E-state index contributed by atoms with van der Waals surface area (Å²) in [6.45, 7) is 4.41. The third-order valence-electron chi connectivity index (χ3n) is 4.96. The van der Waals surface area contributed by atoms with E-state index in [9.17, 15) is 4.79 Å². The van der Waals surface area contributed by atoms with E-state index in [0.29, 0.717) is 27.8 Å². The zero-order chi connectivity index (χ0) is 20.2. The van der Waals surface area contributed by atoms with Crippen molar-refractivity contribution in [2.75, 3.05) is 32.8 Å². The second-order valence-electron chi connectivity index (χ2n) is 6.95. The summed E-state index contributed by atoms with van der Waals surface area (Å²) in [5.74, 6) is 0. The van der Waals surface area contributed by atoms with Gasteiger partial charge in [0.25, 0.3) is 5.56 Å². The van der Waals surface area contributed by atoms with E-state index in [1.807, 2.05) is 42.5 Å². The smallest absolute Gasteiger partial charge is 0.274 e. The van der Waals surface area contributed by atoms with E-state index in [0.717, 1.165) is 44.0 Å². The van der Waals surface area contributed by atoms with Crippen molar-refractivity contribution in [2.45, 2.75) is 6.54 Å². The van der Waals surface area contributed by atoms with Crippen molar-refractivity contribution in [1.82, 2.24) is 14.7 Å².